The smallest absolute Gasteiger partial charge is 0.281 e. The lowest BCUT2D eigenvalue weighted by atomic mass is 10.1. The molecule has 0 saturated carbocycles. The first kappa shape index (κ1) is 25.0. The predicted molar refractivity (Wildman–Crippen MR) is 134 cm³/mol. The fraction of sp³-hybridized carbons (Fsp3) is 0.130. The van der Waals surface area contributed by atoms with E-state index in [2.05, 4.69) is 25.9 Å². The van der Waals surface area contributed by atoms with E-state index in [1.165, 1.54) is 49.2 Å². The Morgan fingerprint density at radius 2 is 1.78 bits per heavy atom. The van der Waals surface area contributed by atoms with E-state index in [1.54, 1.807) is 24.3 Å². The molecule has 0 aliphatic carbocycles. The summed E-state index contributed by atoms with van der Waals surface area (Å²) in [6, 6.07) is 12.2. The van der Waals surface area contributed by atoms with Crippen LogP contribution in [-0.2, 0) is 4.79 Å². The molecule has 0 aliphatic heterocycles. The monoisotopic (exact) mass is 526 g/mol. The van der Waals surface area contributed by atoms with E-state index in [9.17, 15) is 18.8 Å². The summed E-state index contributed by atoms with van der Waals surface area (Å²) in [4.78, 5) is 36.3. The minimum absolute atomic E-state index is 0.0152. The van der Waals surface area contributed by atoms with Crippen LogP contribution in [0.25, 0.3) is 5.69 Å². The second kappa shape index (κ2) is 11.1. The Morgan fingerprint density at radius 1 is 1.06 bits per heavy atom. The molecule has 0 aliphatic rings. The molecular weight excluding hydrogens is 507 g/mol. The number of halogens is 1. The Morgan fingerprint density at radius 3 is 2.44 bits per heavy atom. The van der Waals surface area contributed by atoms with Gasteiger partial charge in [0.1, 0.15) is 5.82 Å². The third kappa shape index (κ3) is 6.12. The number of anilines is 2. The summed E-state index contributed by atoms with van der Waals surface area (Å²) < 4.78 is 20.3. The molecule has 2 aromatic heterocycles. The van der Waals surface area contributed by atoms with Gasteiger partial charge in [-0.05, 0) is 55.5 Å². The molecule has 2 N–H and O–H groups in total. The Labute approximate surface area is 212 Å². The maximum atomic E-state index is 13.2. The zero-order valence-electron chi connectivity index (χ0n) is 19.0. The number of amides is 2. The zero-order valence-corrected chi connectivity index (χ0v) is 20.7. The molecule has 2 amide bonds. The standard InChI is InChI=1S/C23H19FN6O4S2/c1-13(31)14-3-7-16(8-4-14)25-19(32)12-35-23-28-27-22(36-23)26-21(33)20-18(34-2)11-30(29-20)17-9-5-15(24)6-10-17/h3-11H,12H2,1-2H3,(H,25,32)(H,26,27,33). The van der Waals surface area contributed by atoms with Gasteiger partial charge in [0, 0.05) is 11.3 Å². The van der Waals surface area contributed by atoms with E-state index in [4.69, 9.17) is 4.74 Å². The highest BCUT2D eigenvalue weighted by molar-refractivity contribution is 8.01. The van der Waals surface area contributed by atoms with Crippen LogP contribution < -0.4 is 15.4 Å². The molecule has 4 rings (SSSR count). The number of methoxy groups -OCH3 is 1. The first-order chi connectivity index (χ1) is 17.3. The predicted octanol–water partition coefficient (Wildman–Crippen LogP) is 4.06. The molecule has 0 fully saturated rings. The topological polar surface area (TPSA) is 128 Å². The van der Waals surface area contributed by atoms with Crippen molar-refractivity contribution >= 4 is 51.5 Å². The number of rotatable bonds is 9. The van der Waals surface area contributed by atoms with Gasteiger partial charge < -0.3 is 10.1 Å². The molecule has 184 valence electrons. The van der Waals surface area contributed by atoms with Gasteiger partial charge in [0.25, 0.3) is 5.91 Å². The van der Waals surface area contributed by atoms with Crippen LogP contribution in [0.2, 0.25) is 0 Å². The van der Waals surface area contributed by atoms with Crippen molar-refractivity contribution in [2.75, 3.05) is 23.5 Å². The fourth-order valence-corrected chi connectivity index (χ4v) is 4.53. The van der Waals surface area contributed by atoms with Crippen LogP contribution in [-0.4, -0.2) is 50.4 Å². The molecule has 0 atom stereocenters. The fourth-order valence-electron chi connectivity index (χ4n) is 2.98. The number of aromatic nitrogens is 4. The minimum Gasteiger partial charge on any atom is -0.493 e. The summed E-state index contributed by atoms with van der Waals surface area (Å²) in [5.41, 5.74) is 1.70. The highest BCUT2D eigenvalue weighted by Crippen LogP contribution is 2.27. The van der Waals surface area contributed by atoms with Gasteiger partial charge in [-0.2, -0.15) is 5.10 Å². The van der Waals surface area contributed by atoms with Crippen molar-refractivity contribution in [2.24, 2.45) is 0 Å². The van der Waals surface area contributed by atoms with Crippen molar-refractivity contribution in [1.29, 1.82) is 0 Å². The van der Waals surface area contributed by atoms with Crippen LogP contribution in [0, 0.1) is 5.82 Å². The van der Waals surface area contributed by atoms with Gasteiger partial charge in [-0.1, -0.05) is 23.1 Å². The first-order valence-electron chi connectivity index (χ1n) is 10.4. The summed E-state index contributed by atoms with van der Waals surface area (Å²) in [6.45, 7) is 1.47. The van der Waals surface area contributed by atoms with Gasteiger partial charge >= 0.3 is 0 Å². The second-order valence-corrected chi connectivity index (χ2v) is 9.46. The number of benzene rings is 2. The number of ether oxygens (including phenoxy) is 1. The minimum atomic E-state index is -0.563. The lowest BCUT2D eigenvalue weighted by Crippen LogP contribution is -2.14. The van der Waals surface area contributed by atoms with Crippen molar-refractivity contribution in [3.63, 3.8) is 0 Å². The van der Waals surface area contributed by atoms with Crippen LogP contribution in [0.5, 0.6) is 5.75 Å². The van der Waals surface area contributed by atoms with Gasteiger partial charge in [0.05, 0.1) is 24.7 Å². The Balaban J connectivity index is 1.34. The summed E-state index contributed by atoms with van der Waals surface area (Å²) in [6.07, 6.45) is 1.51. The molecule has 0 unspecified atom stereocenters. The van der Waals surface area contributed by atoms with E-state index in [0.717, 1.165) is 23.1 Å². The van der Waals surface area contributed by atoms with Crippen molar-refractivity contribution in [1.82, 2.24) is 20.0 Å². The van der Waals surface area contributed by atoms with Crippen LogP contribution >= 0.6 is 23.1 Å². The average molecular weight is 527 g/mol. The molecule has 2 aromatic carbocycles. The van der Waals surface area contributed by atoms with Crippen LogP contribution in [0.15, 0.2) is 59.1 Å². The van der Waals surface area contributed by atoms with Gasteiger partial charge in [0.2, 0.25) is 11.0 Å². The highest BCUT2D eigenvalue weighted by Gasteiger charge is 2.20. The normalized spacial score (nSPS) is 10.6. The maximum Gasteiger partial charge on any atom is 0.281 e. The molecule has 0 spiro atoms. The van der Waals surface area contributed by atoms with Crippen LogP contribution in [0.3, 0.4) is 0 Å². The quantitative estimate of drug-likeness (QED) is 0.190. The van der Waals surface area contributed by atoms with Crippen LogP contribution in [0.4, 0.5) is 15.2 Å². The van der Waals surface area contributed by atoms with Gasteiger partial charge in [0.15, 0.2) is 21.6 Å². The summed E-state index contributed by atoms with van der Waals surface area (Å²) in [5, 5.41) is 17.7. The van der Waals surface area contributed by atoms with Crippen molar-refractivity contribution in [2.45, 2.75) is 11.3 Å². The number of carbonyl (C=O) groups excluding carboxylic acids is 3. The van der Waals surface area contributed by atoms with E-state index in [-0.39, 0.29) is 39.8 Å². The number of Topliss-reactive ketones (excluding diaryl/α,β-unsaturated/α-hetero) is 1. The number of ketones is 1. The van der Waals surface area contributed by atoms with Crippen molar-refractivity contribution in [3.05, 3.63) is 71.8 Å². The van der Waals surface area contributed by atoms with Crippen molar-refractivity contribution in [3.8, 4) is 11.4 Å². The third-order valence-corrected chi connectivity index (χ3v) is 6.71. The van der Waals surface area contributed by atoms with Gasteiger partial charge in [-0.15, -0.1) is 10.2 Å². The van der Waals surface area contributed by atoms with Crippen LogP contribution in [0.1, 0.15) is 27.8 Å². The Hall–Kier alpha value is -4.10. The maximum absolute atomic E-state index is 13.2. The summed E-state index contributed by atoms with van der Waals surface area (Å²) >= 11 is 2.26. The molecule has 4 aromatic rings. The number of thioether (sulfide) groups is 1. The summed E-state index contributed by atoms with van der Waals surface area (Å²) in [7, 11) is 1.41. The number of hydrogen-bond donors (Lipinski definition) is 2. The second-order valence-electron chi connectivity index (χ2n) is 7.26. The summed E-state index contributed by atoms with van der Waals surface area (Å²) in [5.74, 6) is -0.958. The molecule has 0 saturated heterocycles. The zero-order chi connectivity index (χ0) is 25.7. The Kier molecular flexibility index (Phi) is 7.71. The molecule has 0 radical (unpaired) electrons. The average Bonchev–Trinajstić information content (AvgIpc) is 3.50. The molecular formula is C23H19FN6O4S2. The third-order valence-electron chi connectivity index (χ3n) is 4.74. The lowest BCUT2D eigenvalue weighted by Gasteiger charge is -2.04. The molecule has 10 nitrogen and oxygen atoms in total. The molecule has 0 bridgehead atoms. The van der Waals surface area contributed by atoms with E-state index >= 15 is 0 Å². The van der Waals surface area contributed by atoms with Gasteiger partial charge in [-0.25, -0.2) is 9.07 Å². The lowest BCUT2D eigenvalue weighted by molar-refractivity contribution is -0.113. The number of carbonyl (C=O) groups is 3. The largest absolute Gasteiger partial charge is 0.493 e. The van der Waals surface area contributed by atoms with E-state index in [0.29, 0.717) is 21.3 Å². The van der Waals surface area contributed by atoms with Gasteiger partial charge in [-0.3, -0.25) is 19.7 Å². The number of nitrogens with one attached hydrogen (secondary N) is 2. The molecule has 36 heavy (non-hydrogen) atoms. The Bertz CT molecular complexity index is 1400. The molecule has 2 heterocycles. The first-order valence-corrected chi connectivity index (χ1v) is 12.2. The van der Waals surface area contributed by atoms with E-state index < -0.39 is 5.91 Å². The molecule has 13 heteroatoms. The number of nitrogens with zero attached hydrogens (tertiary/aromatic N) is 4. The number of hydrogen-bond acceptors (Lipinski definition) is 9. The highest BCUT2D eigenvalue weighted by atomic mass is 32.2. The van der Waals surface area contributed by atoms with Crippen molar-refractivity contribution < 1.29 is 23.5 Å². The SMILES string of the molecule is COc1cn(-c2ccc(F)cc2)nc1C(=O)Nc1nnc(SCC(=O)Nc2ccc(C(C)=O)cc2)s1. The van der Waals surface area contributed by atoms with E-state index in [1.807, 2.05) is 0 Å².